The zero-order chi connectivity index (χ0) is 15.5. The third kappa shape index (κ3) is 2.93. The second-order valence-electron chi connectivity index (χ2n) is 5.13. The molecule has 0 aliphatic carbocycles. The highest BCUT2D eigenvalue weighted by molar-refractivity contribution is 5.95. The Bertz CT molecular complexity index is 754. The lowest BCUT2D eigenvalue weighted by molar-refractivity contribution is 0.0954. The molecular weight excluding hydrogens is 280 g/mol. The highest BCUT2D eigenvalue weighted by Crippen LogP contribution is 2.32. The summed E-state index contributed by atoms with van der Waals surface area (Å²) < 4.78 is 10.5. The van der Waals surface area contributed by atoms with Gasteiger partial charge in [0.25, 0.3) is 5.91 Å². The standard InChI is InChI=1S/C17H16N2O3/c1-11-3-4-12(2)14(7-11)9-18-19-17(20)13-5-6-15-16(8-13)22-10-21-15/h3-9H,10H2,1-2H3,(H,19,20)/b18-9+. The Kier molecular flexibility index (Phi) is 3.78. The summed E-state index contributed by atoms with van der Waals surface area (Å²) >= 11 is 0. The number of hydrazone groups is 1. The molecule has 0 fully saturated rings. The minimum Gasteiger partial charge on any atom is -0.454 e. The lowest BCUT2D eigenvalue weighted by atomic mass is 10.1. The van der Waals surface area contributed by atoms with E-state index in [0.717, 1.165) is 16.7 Å². The summed E-state index contributed by atoms with van der Waals surface area (Å²) in [6.07, 6.45) is 1.65. The van der Waals surface area contributed by atoms with Gasteiger partial charge in [0.1, 0.15) is 0 Å². The van der Waals surface area contributed by atoms with Crippen molar-refractivity contribution in [3.63, 3.8) is 0 Å². The van der Waals surface area contributed by atoms with Gasteiger partial charge in [0.05, 0.1) is 6.21 Å². The molecule has 5 heteroatoms. The number of carbonyl (C=O) groups excluding carboxylic acids is 1. The number of benzene rings is 2. The van der Waals surface area contributed by atoms with E-state index in [1.54, 1.807) is 24.4 Å². The molecule has 112 valence electrons. The van der Waals surface area contributed by atoms with Crippen LogP contribution in [0.5, 0.6) is 11.5 Å². The number of nitrogens with zero attached hydrogens (tertiary/aromatic N) is 1. The van der Waals surface area contributed by atoms with Crippen LogP contribution in [-0.2, 0) is 0 Å². The van der Waals surface area contributed by atoms with Gasteiger partial charge in [-0.05, 0) is 43.2 Å². The molecule has 0 aromatic heterocycles. The van der Waals surface area contributed by atoms with Crippen molar-refractivity contribution in [1.82, 2.24) is 5.43 Å². The van der Waals surface area contributed by atoms with Gasteiger partial charge in [0.15, 0.2) is 11.5 Å². The van der Waals surface area contributed by atoms with Crippen LogP contribution in [0.2, 0.25) is 0 Å². The molecule has 2 aromatic carbocycles. The zero-order valence-corrected chi connectivity index (χ0v) is 12.4. The molecule has 0 saturated heterocycles. The highest BCUT2D eigenvalue weighted by atomic mass is 16.7. The van der Waals surface area contributed by atoms with E-state index < -0.39 is 0 Å². The van der Waals surface area contributed by atoms with E-state index in [9.17, 15) is 4.79 Å². The van der Waals surface area contributed by atoms with Gasteiger partial charge < -0.3 is 9.47 Å². The number of aryl methyl sites for hydroxylation is 2. The number of hydrogen-bond acceptors (Lipinski definition) is 4. The molecule has 0 unspecified atom stereocenters. The Morgan fingerprint density at radius 2 is 1.95 bits per heavy atom. The van der Waals surface area contributed by atoms with Crippen molar-refractivity contribution >= 4 is 12.1 Å². The predicted molar refractivity (Wildman–Crippen MR) is 83.5 cm³/mol. The average Bonchev–Trinajstić information content (AvgIpc) is 2.98. The second-order valence-corrected chi connectivity index (χ2v) is 5.13. The third-order valence-electron chi connectivity index (χ3n) is 3.44. The van der Waals surface area contributed by atoms with E-state index in [1.165, 1.54) is 0 Å². The number of nitrogens with one attached hydrogen (secondary N) is 1. The maximum Gasteiger partial charge on any atom is 0.271 e. The van der Waals surface area contributed by atoms with E-state index >= 15 is 0 Å². The van der Waals surface area contributed by atoms with Gasteiger partial charge in [-0.1, -0.05) is 23.8 Å². The van der Waals surface area contributed by atoms with Gasteiger partial charge in [-0.25, -0.2) is 5.43 Å². The van der Waals surface area contributed by atoms with Crippen molar-refractivity contribution in [2.24, 2.45) is 5.10 Å². The third-order valence-corrected chi connectivity index (χ3v) is 3.44. The molecule has 1 N–H and O–H groups in total. The normalized spacial score (nSPS) is 12.6. The van der Waals surface area contributed by atoms with Gasteiger partial charge in [-0.3, -0.25) is 4.79 Å². The molecule has 22 heavy (non-hydrogen) atoms. The van der Waals surface area contributed by atoms with Crippen molar-refractivity contribution in [2.45, 2.75) is 13.8 Å². The van der Waals surface area contributed by atoms with Crippen molar-refractivity contribution in [3.05, 3.63) is 58.7 Å². The summed E-state index contributed by atoms with van der Waals surface area (Å²) in [5.41, 5.74) is 6.22. The van der Waals surface area contributed by atoms with E-state index in [-0.39, 0.29) is 12.7 Å². The lowest BCUT2D eigenvalue weighted by Gasteiger charge is -2.03. The molecule has 0 spiro atoms. The van der Waals surface area contributed by atoms with Crippen molar-refractivity contribution in [2.75, 3.05) is 6.79 Å². The topological polar surface area (TPSA) is 59.9 Å². The summed E-state index contributed by atoms with van der Waals surface area (Å²) in [5, 5.41) is 4.02. The van der Waals surface area contributed by atoms with Crippen LogP contribution >= 0.6 is 0 Å². The SMILES string of the molecule is Cc1ccc(C)c(/C=N/NC(=O)c2ccc3c(c2)OCO3)c1. The predicted octanol–water partition coefficient (Wildman–Crippen LogP) is 2.80. The maximum absolute atomic E-state index is 12.1. The molecule has 5 nitrogen and oxygen atoms in total. The molecular formula is C17H16N2O3. The second kappa shape index (κ2) is 5.89. The van der Waals surface area contributed by atoms with Crippen LogP contribution in [0.15, 0.2) is 41.5 Å². The van der Waals surface area contributed by atoms with Crippen LogP contribution in [0.1, 0.15) is 27.0 Å². The van der Waals surface area contributed by atoms with Crippen LogP contribution in [0.3, 0.4) is 0 Å². The van der Waals surface area contributed by atoms with E-state index in [4.69, 9.17) is 9.47 Å². The molecule has 1 amide bonds. The van der Waals surface area contributed by atoms with E-state index in [1.807, 2.05) is 32.0 Å². The van der Waals surface area contributed by atoms with Crippen molar-refractivity contribution in [3.8, 4) is 11.5 Å². The zero-order valence-electron chi connectivity index (χ0n) is 12.4. The Balaban J connectivity index is 1.69. The maximum atomic E-state index is 12.1. The summed E-state index contributed by atoms with van der Waals surface area (Å²) in [6.45, 7) is 4.20. The highest BCUT2D eigenvalue weighted by Gasteiger charge is 2.15. The Labute approximate surface area is 128 Å². The molecule has 0 radical (unpaired) electrons. The molecule has 0 atom stereocenters. The van der Waals surface area contributed by atoms with Gasteiger partial charge >= 0.3 is 0 Å². The quantitative estimate of drug-likeness (QED) is 0.700. The van der Waals surface area contributed by atoms with E-state index in [0.29, 0.717) is 17.1 Å². The molecule has 1 heterocycles. The summed E-state index contributed by atoms with van der Waals surface area (Å²) in [5.74, 6) is 0.932. The van der Waals surface area contributed by atoms with Gasteiger partial charge in [0.2, 0.25) is 6.79 Å². The number of hydrogen-bond donors (Lipinski definition) is 1. The van der Waals surface area contributed by atoms with Crippen LogP contribution in [0, 0.1) is 13.8 Å². The largest absolute Gasteiger partial charge is 0.454 e. The molecule has 1 aliphatic rings. The monoisotopic (exact) mass is 296 g/mol. The van der Waals surface area contributed by atoms with Crippen LogP contribution in [0.25, 0.3) is 0 Å². The fourth-order valence-electron chi connectivity index (χ4n) is 2.16. The number of carbonyl (C=O) groups is 1. The minimum absolute atomic E-state index is 0.186. The summed E-state index contributed by atoms with van der Waals surface area (Å²) in [6, 6.07) is 11.1. The van der Waals surface area contributed by atoms with Crippen molar-refractivity contribution < 1.29 is 14.3 Å². The van der Waals surface area contributed by atoms with Crippen LogP contribution < -0.4 is 14.9 Å². The first-order valence-electron chi connectivity index (χ1n) is 6.94. The smallest absolute Gasteiger partial charge is 0.271 e. The first-order valence-corrected chi connectivity index (χ1v) is 6.94. The molecule has 3 rings (SSSR count). The average molecular weight is 296 g/mol. The van der Waals surface area contributed by atoms with Crippen LogP contribution in [-0.4, -0.2) is 18.9 Å². The molecule has 2 aromatic rings. The molecule has 1 aliphatic heterocycles. The van der Waals surface area contributed by atoms with Crippen LogP contribution in [0.4, 0.5) is 0 Å². The summed E-state index contributed by atoms with van der Waals surface area (Å²) in [4.78, 5) is 12.1. The lowest BCUT2D eigenvalue weighted by Crippen LogP contribution is -2.17. The number of rotatable bonds is 3. The Hall–Kier alpha value is -2.82. The van der Waals surface area contributed by atoms with Gasteiger partial charge in [0, 0.05) is 5.56 Å². The first-order chi connectivity index (χ1) is 10.6. The number of fused-ring (bicyclic) bond motifs is 1. The van der Waals surface area contributed by atoms with Gasteiger partial charge in [-0.15, -0.1) is 0 Å². The number of amides is 1. The van der Waals surface area contributed by atoms with Crippen molar-refractivity contribution in [1.29, 1.82) is 0 Å². The Morgan fingerprint density at radius 3 is 2.82 bits per heavy atom. The Morgan fingerprint density at radius 1 is 1.14 bits per heavy atom. The molecule has 0 saturated carbocycles. The fourth-order valence-corrected chi connectivity index (χ4v) is 2.16. The van der Waals surface area contributed by atoms with Gasteiger partial charge in [-0.2, -0.15) is 5.10 Å². The number of ether oxygens (including phenoxy) is 2. The van der Waals surface area contributed by atoms with E-state index in [2.05, 4.69) is 10.5 Å². The first kappa shape index (κ1) is 14.1. The fraction of sp³-hybridized carbons (Fsp3) is 0.176. The minimum atomic E-state index is -0.292. The summed E-state index contributed by atoms with van der Waals surface area (Å²) in [7, 11) is 0. The molecule has 0 bridgehead atoms.